The van der Waals surface area contributed by atoms with Gasteiger partial charge in [0, 0.05) is 16.8 Å². The van der Waals surface area contributed by atoms with Gasteiger partial charge in [-0.05, 0) is 48.9 Å². The van der Waals surface area contributed by atoms with Crippen LogP contribution in [-0.4, -0.2) is 21.6 Å². The van der Waals surface area contributed by atoms with Crippen LogP contribution < -0.4 is 16.2 Å². The number of nitrogens with zero attached hydrogens (tertiary/aromatic N) is 2. The molecule has 0 spiro atoms. The maximum Gasteiger partial charge on any atom is 0.291 e. The molecule has 0 aliphatic heterocycles. The third kappa shape index (κ3) is 5.24. The van der Waals surface area contributed by atoms with Gasteiger partial charge in [-0.3, -0.25) is 14.4 Å². The molecule has 170 valence electrons. The second-order valence-corrected chi connectivity index (χ2v) is 7.60. The Hall–Kier alpha value is -4.59. The van der Waals surface area contributed by atoms with Crippen LogP contribution >= 0.6 is 0 Å². The molecule has 8 heteroatoms. The van der Waals surface area contributed by atoms with Crippen LogP contribution in [0.5, 0.6) is 0 Å². The van der Waals surface area contributed by atoms with E-state index in [0.29, 0.717) is 28.1 Å². The average Bonchev–Trinajstić information content (AvgIpc) is 2.84. The third-order valence-corrected chi connectivity index (χ3v) is 5.08. The van der Waals surface area contributed by atoms with Crippen LogP contribution in [-0.2, 0) is 11.3 Å². The summed E-state index contributed by atoms with van der Waals surface area (Å²) in [5, 5.41) is 9.63. The molecule has 34 heavy (non-hydrogen) atoms. The maximum atomic E-state index is 13.4. The first-order valence-electron chi connectivity index (χ1n) is 10.5. The molecule has 0 bridgehead atoms. The van der Waals surface area contributed by atoms with E-state index in [1.54, 1.807) is 37.3 Å². The van der Waals surface area contributed by atoms with Crippen molar-refractivity contribution >= 4 is 23.2 Å². The molecule has 1 aromatic heterocycles. The number of hydrogen-bond acceptors (Lipinski definition) is 4. The lowest BCUT2D eigenvalue weighted by Gasteiger charge is -2.13. The Balaban J connectivity index is 1.66. The van der Waals surface area contributed by atoms with Crippen molar-refractivity contribution in [2.24, 2.45) is 0 Å². The number of nitrogens with one attached hydrogen (secondary N) is 2. The van der Waals surface area contributed by atoms with Crippen molar-refractivity contribution in [3.63, 3.8) is 0 Å². The fraction of sp³-hybridized carbons (Fsp3) is 0.0769. The van der Waals surface area contributed by atoms with Crippen molar-refractivity contribution in [1.82, 2.24) is 9.78 Å². The zero-order valence-electron chi connectivity index (χ0n) is 18.3. The molecule has 4 rings (SSSR count). The van der Waals surface area contributed by atoms with Crippen LogP contribution in [0.15, 0.2) is 89.7 Å². The van der Waals surface area contributed by atoms with E-state index in [4.69, 9.17) is 0 Å². The second kappa shape index (κ2) is 9.91. The lowest BCUT2D eigenvalue weighted by molar-refractivity contribution is -0.117. The quantitative estimate of drug-likeness (QED) is 0.454. The Morgan fingerprint density at radius 1 is 0.882 bits per heavy atom. The summed E-state index contributed by atoms with van der Waals surface area (Å²) in [6.07, 6.45) is 0. The molecule has 0 aliphatic rings. The molecule has 0 unspecified atom stereocenters. The van der Waals surface area contributed by atoms with Crippen molar-refractivity contribution in [1.29, 1.82) is 0 Å². The highest BCUT2D eigenvalue weighted by Crippen LogP contribution is 2.19. The number of amides is 2. The van der Waals surface area contributed by atoms with Gasteiger partial charge in [0.05, 0.1) is 5.69 Å². The number of carbonyl (C=O) groups excluding carboxylic acids is 2. The Morgan fingerprint density at radius 3 is 2.24 bits per heavy atom. The number of anilines is 2. The van der Waals surface area contributed by atoms with E-state index >= 15 is 0 Å². The maximum absolute atomic E-state index is 13.4. The van der Waals surface area contributed by atoms with Crippen molar-refractivity contribution in [3.8, 4) is 11.3 Å². The van der Waals surface area contributed by atoms with Gasteiger partial charge in [0.15, 0.2) is 0 Å². The van der Waals surface area contributed by atoms with Crippen LogP contribution in [0.4, 0.5) is 15.8 Å². The number of hydrogen-bond donors (Lipinski definition) is 2. The highest BCUT2D eigenvalue weighted by molar-refractivity contribution is 6.04. The van der Waals surface area contributed by atoms with Crippen LogP contribution in [0.3, 0.4) is 0 Å². The molecular weight excluding hydrogens is 435 g/mol. The van der Waals surface area contributed by atoms with Gasteiger partial charge in [-0.15, -0.1) is 0 Å². The SMILES string of the molecule is Cc1cc(F)ccc1NC(=O)Cn1nc(-c2ccccc2)cc(NC(=O)c2ccccc2)c1=O. The summed E-state index contributed by atoms with van der Waals surface area (Å²) in [5.41, 5.74) is 1.84. The highest BCUT2D eigenvalue weighted by Gasteiger charge is 2.16. The van der Waals surface area contributed by atoms with E-state index in [-0.39, 0.29) is 5.69 Å². The van der Waals surface area contributed by atoms with Crippen LogP contribution in [0.2, 0.25) is 0 Å². The van der Waals surface area contributed by atoms with E-state index in [9.17, 15) is 18.8 Å². The Kier molecular flexibility index (Phi) is 6.59. The summed E-state index contributed by atoms with van der Waals surface area (Å²) in [6.45, 7) is 1.26. The topological polar surface area (TPSA) is 93.1 Å². The second-order valence-electron chi connectivity index (χ2n) is 7.60. The Bertz CT molecular complexity index is 1400. The monoisotopic (exact) mass is 456 g/mol. The first kappa shape index (κ1) is 22.6. The van der Waals surface area contributed by atoms with E-state index in [0.717, 1.165) is 4.68 Å². The fourth-order valence-corrected chi connectivity index (χ4v) is 3.37. The zero-order valence-corrected chi connectivity index (χ0v) is 18.3. The van der Waals surface area contributed by atoms with Crippen LogP contribution in [0, 0.1) is 12.7 Å². The summed E-state index contributed by atoms with van der Waals surface area (Å²) in [7, 11) is 0. The predicted octanol–water partition coefficient (Wildman–Crippen LogP) is 4.25. The van der Waals surface area contributed by atoms with Crippen molar-refractivity contribution in [3.05, 3.63) is 112 Å². The molecule has 0 radical (unpaired) electrons. The number of halogens is 1. The number of rotatable bonds is 6. The number of benzene rings is 3. The van der Waals surface area contributed by atoms with Gasteiger partial charge in [0.1, 0.15) is 18.0 Å². The van der Waals surface area contributed by atoms with E-state index < -0.39 is 29.7 Å². The molecule has 0 fully saturated rings. The first-order valence-corrected chi connectivity index (χ1v) is 10.5. The van der Waals surface area contributed by atoms with Gasteiger partial charge in [-0.25, -0.2) is 9.07 Å². The third-order valence-electron chi connectivity index (χ3n) is 5.08. The molecule has 0 saturated heterocycles. The standard InChI is InChI=1S/C26H21FN4O3/c1-17-14-20(27)12-13-21(17)28-24(32)16-31-26(34)23(29-25(33)19-10-6-3-7-11-19)15-22(30-31)18-8-4-2-5-9-18/h2-15H,16H2,1H3,(H,28,32)(H,29,33). The van der Waals surface area contributed by atoms with Crippen LogP contribution in [0.1, 0.15) is 15.9 Å². The Morgan fingerprint density at radius 2 is 1.56 bits per heavy atom. The highest BCUT2D eigenvalue weighted by atomic mass is 19.1. The minimum absolute atomic E-state index is 0.00605. The van der Waals surface area contributed by atoms with E-state index in [1.807, 2.05) is 30.3 Å². The molecule has 7 nitrogen and oxygen atoms in total. The minimum atomic E-state index is -0.630. The largest absolute Gasteiger partial charge is 0.324 e. The van der Waals surface area contributed by atoms with Gasteiger partial charge in [-0.1, -0.05) is 48.5 Å². The molecule has 2 N–H and O–H groups in total. The molecule has 4 aromatic rings. The van der Waals surface area contributed by atoms with Crippen molar-refractivity contribution in [2.45, 2.75) is 13.5 Å². The average molecular weight is 456 g/mol. The summed E-state index contributed by atoms with van der Waals surface area (Å²) in [6, 6.07) is 23.0. The summed E-state index contributed by atoms with van der Waals surface area (Å²) >= 11 is 0. The van der Waals surface area contributed by atoms with Gasteiger partial charge in [0.2, 0.25) is 5.91 Å². The normalized spacial score (nSPS) is 10.5. The van der Waals surface area contributed by atoms with Gasteiger partial charge < -0.3 is 10.6 Å². The summed E-state index contributed by atoms with van der Waals surface area (Å²) in [4.78, 5) is 38.4. The van der Waals surface area contributed by atoms with Gasteiger partial charge >= 0.3 is 0 Å². The number of carbonyl (C=O) groups is 2. The minimum Gasteiger partial charge on any atom is -0.324 e. The zero-order chi connectivity index (χ0) is 24.1. The van der Waals surface area contributed by atoms with Gasteiger partial charge in [-0.2, -0.15) is 5.10 Å². The van der Waals surface area contributed by atoms with E-state index in [2.05, 4.69) is 15.7 Å². The number of aromatic nitrogens is 2. The van der Waals surface area contributed by atoms with E-state index in [1.165, 1.54) is 24.3 Å². The Labute approximate surface area is 194 Å². The smallest absolute Gasteiger partial charge is 0.291 e. The predicted molar refractivity (Wildman–Crippen MR) is 128 cm³/mol. The van der Waals surface area contributed by atoms with Crippen molar-refractivity contribution < 1.29 is 14.0 Å². The molecule has 0 saturated carbocycles. The van der Waals surface area contributed by atoms with Gasteiger partial charge in [0.25, 0.3) is 11.5 Å². The summed E-state index contributed by atoms with van der Waals surface area (Å²) < 4.78 is 14.4. The molecule has 0 aliphatic carbocycles. The fourth-order valence-electron chi connectivity index (χ4n) is 3.37. The molecular formula is C26H21FN4O3. The van der Waals surface area contributed by atoms with Crippen molar-refractivity contribution in [2.75, 3.05) is 10.6 Å². The molecule has 1 heterocycles. The summed E-state index contributed by atoms with van der Waals surface area (Å²) in [5.74, 6) is -1.39. The first-order chi connectivity index (χ1) is 16.4. The lowest BCUT2D eigenvalue weighted by atomic mass is 10.1. The van der Waals surface area contributed by atoms with Crippen LogP contribution in [0.25, 0.3) is 11.3 Å². The lowest BCUT2D eigenvalue weighted by Crippen LogP contribution is -2.32. The number of aryl methyl sites for hydroxylation is 1. The molecule has 3 aromatic carbocycles. The molecule has 2 amide bonds. The molecule has 0 atom stereocenters.